The Kier molecular flexibility index (Phi) is 3.96. The fourth-order valence-corrected chi connectivity index (χ4v) is 1.70. The lowest BCUT2D eigenvalue weighted by molar-refractivity contribution is 0.501. The first-order valence-electron chi connectivity index (χ1n) is 5.33. The summed E-state index contributed by atoms with van der Waals surface area (Å²) in [6.45, 7) is 4.68. The zero-order valence-corrected chi connectivity index (χ0v) is 8.10. The van der Waals surface area contributed by atoms with Crippen LogP contribution in [0.1, 0.15) is 58.8 Å². The summed E-state index contributed by atoms with van der Waals surface area (Å²) in [5, 5.41) is 0. The Balaban J connectivity index is 0.000000167. The van der Waals surface area contributed by atoms with E-state index in [1.165, 1.54) is 44.9 Å². The van der Waals surface area contributed by atoms with Crippen molar-refractivity contribution in [3.05, 3.63) is 0 Å². The van der Waals surface area contributed by atoms with E-state index in [-0.39, 0.29) is 0 Å². The highest BCUT2D eigenvalue weighted by Gasteiger charge is 2.18. The summed E-state index contributed by atoms with van der Waals surface area (Å²) in [4.78, 5) is 0. The molecule has 0 N–H and O–H groups in total. The largest absolute Gasteiger partial charge is 0.0651 e. The van der Waals surface area contributed by atoms with Crippen molar-refractivity contribution in [3.63, 3.8) is 0 Å². The molecule has 0 nitrogen and oxygen atoms in total. The van der Waals surface area contributed by atoms with Crippen LogP contribution in [0.15, 0.2) is 0 Å². The third-order valence-corrected chi connectivity index (χ3v) is 2.73. The molecular formula is C11H22. The summed E-state index contributed by atoms with van der Waals surface area (Å²) >= 11 is 0. The van der Waals surface area contributed by atoms with Gasteiger partial charge in [0.25, 0.3) is 0 Å². The average Bonchev–Trinajstić information content (AvgIpc) is 2.82. The fourth-order valence-electron chi connectivity index (χ4n) is 1.70. The Hall–Kier alpha value is 0. The molecule has 0 aromatic rings. The molecule has 0 aliphatic heterocycles. The van der Waals surface area contributed by atoms with Gasteiger partial charge in [0.15, 0.2) is 0 Å². The van der Waals surface area contributed by atoms with Crippen LogP contribution in [-0.2, 0) is 0 Å². The minimum Gasteiger partial charge on any atom is -0.0651 e. The van der Waals surface area contributed by atoms with E-state index in [1.807, 2.05) is 0 Å². The average molecular weight is 154 g/mol. The standard InChI is InChI=1S/C8H16.C3H6/c1-3-8-5-4-7(2)6-8;1-2-3-1/h7-8H,3-6H2,1-2H3;1-3H2. The van der Waals surface area contributed by atoms with Crippen molar-refractivity contribution in [2.45, 2.75) is 58.8 Å². The molecule has 0 amide bonds. The summed E-state index contributed by atoms with van der Waals surface area (Å²) in [5.41, 5.74) is 0. The molecule has 2 saturated carbocycles. The van der Waals surface area contributed by atoms with Crippen LogP contribution >= 0.6 is 0 Å². The van der Waals surface area contributed by atoms with Crippen LogP contribution in [0.25, 0.3) is 0 Å². The fraction of sp³-hybridized carbons (Fsp3) is 1.00. The van der Waals surface area contributed by atoms with Gasteiger partial charge in [0.1, 0.15) is 0 Å². The van der Waals surface area contributed by atoms with Crippen molar-refractivity contribution in [2.24, 2.45) is 11.8 Å². The molecular weight excluding hydrogens is 132 g/mol. The number of hydrogen-bond donors (Lipinski definition) is 0. The molecule has 2 fully saturated rings. The second kappa shape index (κ2) is 4.79. The number of rotatable bonds is 1. The zero-order chi connectivity index (χ0) is 8.10. The third-order valence-electron chi connectivity index (χ3n) is 2.73. The van der Waals surface area contributed by atoms with Crippen LogP contribution in [-0.4, -0.2) is 0 Å². The van der Waals surface area contributed by atoms with Crippen LogP contribution in [0.4, 0.5) is 0 Å². The Labute approximate surface area is 71.4 Å². The summed E-state index contributed by atoms with van der Waals surface area (Å²) in [7, 11) is 0. The molecule has 66 valence electrons. The smallest absolute Gasteiger partial charge is 0.0414 e. The van der Waals surface area contributed by atoms with E-state index in [4.69, 9.17) is 0 Å². The van der Waals surface area contributed by atoms with Gasteiger partial charge in [-0.25, -0.2) is 0 Å². The first kappa shape index (κ1) is 9.09. The van der Waals surface area contributed by atoms with Crippen molar-refractivity contribution in [1.29, 1.82) is 0 Å². The Bertz CT molecular complexity index is 91.5. The molecule has 2 aliphatic carbocycles. The van der Waals surface area contributed by atoms with E-state index >= 15 is 0 Å². The molecule has 2 aliphatic rings. The molecule has 0 radical (unpaired) electrons. The second-order valence-electron chi connectivity index (χ2n) is 4.25. The number of hydrogen-bond acceptors (Lipinski definition) is 0. The second-order valence-corrected chi connectivity index (χ2v) is 4.25. The lowest BCUT2D eigenvalue weighted by Gasteiger charge is -2.02. The van der Waals surface area contributed by atoms with E-state index < -0.39 is 0 Å². The SMILES string of the molecule is C1CC1.CCC1CCC(C)C1. The van der Waals surface area contributed by atoms with Crippen LogP contribution in [0.3, 0.4) is 0 Å². The lowest BCUT2D eigenvalue weighted by Crippen LogP contribution is -1.89. The molecule has 0 aromatic heterocycles. The zero-order valence-electron chi connectivity index (χ0n) is 8.10. The van der Waals surface area contributed by atoms with Crippen molar-refractivity contribution < 1.29 is 0 Å². The third kappa shape index (κ3) is 4.44. The van der Waals surface area contributed by atoms with E-state index in [0.29, 0.717) is 0 Å². The van der Waals surface area contributed by atoms with Gasteiger partial charge in [0.05, 0.1) is 0 Å². The summed E-state index contributed by atoms with van der Waals surface area (Å²) in [6.07, 6.45) is 10.4. The normalized spacial score (nSPS) is 34.4. The van der Waals surface area contributed by atoms with Gasteiger partial charge in [0, 0.05) is 0 Å². The predicted molar refractivity (Wildman–Crippen MR) is 50.6 cm³/mol. The summed E-state index contributed by atoms with van der Waals surface area (Å²) in [6, 6.07) is 0. The van der Waals surface area contributed by atoms with Crippen LogP contribution in [0, 0.1) is 11.8 Å². The highest BCUT2D eigenvalue weighted by Crippen LogP contribution is 2.31. The van der Waals surface area contributed by atoms with Gasteiger partial charge in [-0.3, -0.25) is 0 Å². The van der Waals surface area contributed by atoms with E-state index in [2.05, 4.69) is 13.8 Å². The van der Waals surface area contributed by atoms with Crippen LogP contribution in [0.5, 0.6) is 0 Å². The highest BCUT2D eigenvalue weighted by atomic mass is 14.2. The molecule has 11 heavy (non-hydrogen) atoms. The van der Waals surface area contributed by atoms with Crippen molar-refractivity contribution in [3.8, 4) is 0 Å². The lowest BCUT2D eigenvalue weighted by atomic mass is 10.0. The van der Waals surface area contributed by atoms with Crippen LogP contribution < -0.4 is 0 Å². The molecule has 2 rings (SSSR count). The maximum atomic E-state index is 2.37. The molecule has 0 saturated heterocycles. The van der Waals surface area contributed by atoms with Gasteiger partial charge >= 0.3 is 0 Å². The predicted octanol–water partition coefficient (Wildman–Crippen LogP) is 4.00. The maximum absolute atomic E-state index is 2.37. The molecule has 0 aromatic carbocycles. The van der Waals surface area contributed by atoms with Crippen molar-refractivity contribution in [1.82, 2.24) is 0 Å². The summed E-state index contributed by atoms with van der Waals surface area (Å²) in [5.74, 6) is 2.10. The topological polar surface area (TPSA) is 0 Å². The molecule has 0 heteroatoms. The van der Waals surface area contributed by atoms with E-state index in [9.17, 15) is 0 Å². The Morgan fingerprint density at radius 3 is 1.91 bits per heavy atom. The minimum absolute atomic E-state index is 1.03. The van der Waals surface area contributed by atoms with Crippen LogP contribution in [0.2, 0.25) is 0 Å². The van der Waals surface area contributed by atoms with Gasteiger partial charge in [-0.15, -0.1) is 0 Å². The van der Waals surface area contributed by atoms with Gasteiger partial charge in [-0.05, 0) is 18.3 Å². The van der Waals surface area contributed by atoms with Crippen molar-refractivity contribution >= 4 is 0 Å². The molecule has 0 spiro atoms. The van der Waals surface area contributed by atoms with Gasteiger partial charge < -0.3 is 0 Å². The quantitative estimate of drug-likeness (QED) is 0.535. The minimum atomic E-state index is 1.03. The molecule has 0 heterocycles. The monoisotopic (exact) mass is 154 g/mol. The molecule has 2 unspecified atom stereocenters. The van der Waals surface area contributed by atoms with Gasteiger partial charge in [0.2, 0.25) is 0 Å². The Morgan fingerprint density at radius 2 is 1.73 bits per heavy atom. The first-order chi connectivity index (χ1) is 5.33. The van der Waals surface area contributed by atoms with Gasteiger partial charge in [-0.2, -0.15) is 0 Å². The Morgan fingerprint density at radius 1 is 1.09 bits per heavy atom. The van der Waals surface area contributed by atoms with Gasteiger partial charge in [-0.1, -0.05) is 52.4 Å². The first-order valence-corrected chi connectivity index (χ1v) is 5.33. The molecule has 2 atom stereocenters. The molecule has 0 bridgehead atoms. The van der Waals surface area contributed by atoms with E-state index in [0.717, 1.165) is 11.8 Å². The summed E-state index contributed by atoms with van der Waals surface area (Å²) < 4.78 is 0. The maximum Gasteiger partial charge on any atom is -0.0414 e. The van der Waals surface area contributed by atoms with Crippen molar-refractivity contribution in [2.75, 3.05) is 0 Å². The highest BCUT2D eigenvalue weighted by molar-refractivity contribution is 4.70. The van der Waals surface area contributed by atoms with E-state index in [1.54, 1.807) is 0 Å².